The summed E-state index contributed by atoms with van der Waals surface area (Å²) in [7, 11) is 1.29. The lowest BCUT2D eigenvalue weighted by atomic mass is 10.1. The summed E-state index contributed by atoms with van der Waals surface area (Å²) in [5, 5.41) is 10.2. The van der Waals surface area contributed by atoms with Crippen molar-refractivity contribution in [2.24, 2.45) is 0 Å². The number of rotatable bonds is 5. The van der Waals surface area contributed by atoms with Crippen molar-refractivity contribution in [1.82, 2.24) is 24.9 Å². The van der Waals surface area contributed by atoms with E-state index in [4.69, 9.17) is 9.26 Å². The highest BCUT2D eigenvalue weighted by molar-refractivity contribution is 5.95. The largest absolute Gasteiger partial charge is 0.465 e. The molecule has 0 aromatic carbocycles. The highest BCUT2D eigenvalue weighted by Crippen LogP contribution is 2.38. The Balaban J connectivity index is 1.60. The van der Waals surface area contributed by atoms with E-state index in [-0.39, 0.29) is 11.1 Å². The number of carbonyl (C=O) groups excluding carboxylic acids is 1. The number of aromatic amines is 1. The van der Waals surface area contributed by atoms with E-state index in [1.807, 2.05) is 0 Å². The lowest BCUT2D eigenvalue weighted by molar-refractivity contribution is 0.0600. The minimum absolute atomic E-state index is 0.236. The molecule has 1 saturated carbocycles. The molecule has 0 bridgehead atoms. The fraction of sp³-hybridized carbons (Fsp3) is 0.400. The van der Waals surface area contributed by atoms with Crippen molar-refractivity contribution in [3.05, 3.63) is 40.0 Å². The second kappa shape index (κ2) is 5.59. The van der Waals surface area contributed by atoms with Crippen molar-refractivity contribution in [3.8, 4) is 11.3 Å². The van der Waals surface area contributed by atoms with Crippen LogP contribution in [0.4, 0.5) is 0 Å². The first-order chi connectivity index (χ1) is 11.7. The maximum absolute atomic E-state index is 11.9. The number of esters is 1. The molecule has 1 aromatic heterocycles. The predicted octanol–water partition coefficient (Wildman–Crippen LogP) is 0.966. The number of H-pyrrole nitrogens is 1. The minimum Gasteiger partial charge on any atom is -0.465 e. The average molecular weight is 329 g/mol. The van der Waals surface area contributed by atoms with Gasteiger partial charge in [0.25, 0.3) is 5.56 Å². The Bertz CT molecular complexity index is 920. The summed E-state index contributed by atoms with van der Waals surface area (Å²) < 4.78 is 11.7. The van der Waals surface area contributed by atoms with E-state index >= 15 is 0 Å². The predicted molar refractivity (Wildman–Crippen MR) is 80.8 cm³/mol. The summed E-state index contributed by atoms with van der Waals surface area (Å²) in [4.78, 5) is 28.1. The van der Waals surface area contributed by atoms with Gasteiger partial charge in [0, 0.05) is 31.3 Å². The number of carbonyl (C=O) groups is 1. The molecule has 0 unspecified atom stereocenters. The summed E-state index contributed by atoms with van der Waals surface area (Å²) in [6.45, 7) is 0.494. The van der Waals surface area contributed by atoms with Crippen LogP contribution in [-0.4, -0.2) is 38.0 Å². The van der Waals surface area contributed by atoms with Gasteiger partial charge in [-0.3, -0.25) is 4.79 Å². The quantitative estimate of drug-likeness (QED) is 0.693. The van der Waals surface area contributed by atoms with Crippen molar-refractivity contribution >= 4 is 5.97 Å². The molecule has 0 spiro atoms. The highest BCUT2D eigenvalue weighted by atomic mass is 16.5. The molecule has 1 N–H and O–H groups in total. The molecule has 0 amide bonds. The molecule has 9 heteroatoms. The van der Waals surface area contributed by atoms with E-state index in [0.717, 1.165) is 12.8 Å². The highest BCUT2D eigenvalue weighted by Gasteiger charge is 2.29. The van der Waals surface area contributed by atoms with Gasteiger partial charge >= 0.3 is 5.97 Å². The third-order valence-electron chi connectivity index (χ3n) is 4.02. The molecule has 0 radical (unpaired) electrons. The lowest BCUT2D eigenvalue weighted by Crippen LogP contribution is -2.13. The number of nitrogens with one attached hydrogen (secondary N) is 1. The molecule has 9 nitrogen and oxygen atoms in total. The topological polar surface area (TPSA) is 116 Å². The Labute approximate surface area is 136 Å². The summed E-state index contributed by atoms with van der Waals surface area (Å²) in [6.07, 6.45) is 5.98. The van der Waals surface area contributed by atoms with Crippen LogP contribution < -0.4 is 5.56 Å². The van der Waals surface area contributed by atoms with Crippen LogP contribution in [0.15, 0.2) is 21.7 Å². The Hall–Kier alpha value is -2.97. The zero-order chi connectivity index (χ0) is 16.7. The van der Waals surface area contributed by atoms with Crippen molar-refractivity contribution in [3.63, 3.8) is 0 Å². The van der Waals surface area contributed by atoms with E-state index in [9.17, 15) is 9.59 Å². The Morgan fingerprint density at radius 2 is 2.29 bits per heavy atom. The van der Waals surface area contributed by atoms with Crippen LogP contribution in [0.2, 0.25) is 0 Å². The first-order valence-electron chi connectivity index (χ1n) is 7.64. The van der Waals surface area contributed by atoms with E-state index < -0.39 is 5.97 Å². The number of methoxy groups -OCH3 is 1. The maximum atomic E-state index is 11.9. The number of nitrogens with zero attached hydrogens (tertiary/aromatic N) is 4. The number of pyridine rings is 1. The molecule has 1 aromatic rings. The minimum atomic E-state index is -0.545. The van der Waals surface area contributed by atoms with Crippen molar-refractivity contribution in [2.75, 3.05) is 7.11 Å². The standard InChI is InChI=1S/C15H15N5O4/c1-23-15(22)10-7-20(6-9-12(10)17-18-13(9)21)5-4-11-16-14(24-19-11)8-2-3-8/h6-8H,2-5H2,1H3,(H,18,21). The number of hydrogen-bond donors (Lipinski definition) is 1. The molecule has 1 fully saturated rings. The fourth-order valence-electron chi connectivity index (χ4n) is 2.57. The van der Waals surface area contributed by atoms with Crippen LogP contribution in [-0.2, 0) is 17.7 Å². The summed E-state index contributed by atoms with van der Waals surface area (Å²) >= 11 is 0. The Kier molecular flexibility index (Phi) is 3.40. The first-order valence-corrected chi connectivity index (χ1v) is 7.64. The van der Waals surface area contributed by atoms with Gasteiger partial charge in [-0.2, -0.15) is 10.1 Å². The van der Waals surface area contributed by atoms with Gasteiger partial charge in [0.05, 0.1) is 12.7 Å². The molecular weight excluding hydrogens is 314 g/mol. The molecule has 124 valence electrons. The van der Waals surface area contributed by atoms with Crippen molar-refractivity contribution < 1.29 is 14.1 Å². The normalized spacial score (nSPS) is 14.2. The van der Waals surface area contributed by atoms with Gasteiger partial charge in [0.15, 0.2) is 5.82 Å². The van der Waals surface area contributed by atoms with E-state index in [2.05, 4.69) is 20.3 Å². The van der Waals surface area contributed by atoms with Crippen LogP contribution >= 0.6 is 0 Å². The molecule has 0 atom stereocenters. The maximum Gasteiger partial charge on any atom is 0.341 e. The zero-order valence-corrected chi connectivity index (χ0v) is 13.0. The number of fused-ring (bicyclic) bond motifs is 1. The summed E-state index contributed by atoms with van der Waals surface area (Å²) in [5.41, 5.74) is 0.531. The summed E-state index contributed by atoms with van der Waals surface area (Å²) in [5.74, 6) is 1.17. The van der Waals surface area contributed by atoms with Gasteiger partial charge in [-0.1, -0.05) is 5.16 Å². The third-order valence-corrected chi connectivity index (χ3v) is 4.02. The smallest absolute Gasteiger partial charge is 0.341 e. The van der Waals surface area contributed by atoms with Crippen LogP contribution in [0.5, 0.6) is 0 Å². The van der Waals surface area contributed by atoms with E-state index in [1.165, 1.54) is 7.11 Å². The third kappa shape index (κ3) is 2.57. The SMILES string of the molecule is COC(=O)c1cn(CCc2noc(C3CC3)n2)cc2c(=O)[nH]nc1-2. The summed E-state index contributed by atoms with van der Waals surface area (Å²) in [6, 6.07) is 0. The molecule has 2 aliphatic heterocycles. The molecular formula is C15H15N5O4. The second-order valence-corrected chi connectivity index (χ2v) is 5.79. The van der Waals surface area contributed by atoms with Crippen LogP contribution in [0.25, 0.3) is 11.3 Å². The van der Waals surface area contributed by atoms with Gasteiger partial charge in [-0.25, -0.2) is 9.89 Å². The molecule has 1 aliphatic carbocycles. The van der Waals surface area contributed by atoms with Gasteiger partial charge < -0.3 is 13.8 Å². The van der Waals surface area contributed by atoms with Gasteiger partial charge in [-0.15, -0.1) is 0 Å². The molecule has 0 saturated heterocycles. The molecule has 24 heavy (non-hydrogen) atoms. The number of hydrogen-bond acceptors (Lipinski definition) is 7. The van der Waals surface area contributed by atoms with Crippen LogP contribution in [0, 0.1) is 0 Å². The van der Waals surface area contributed by atoms with E-state index in [1.54, 1.807) is 17.0 Å². The zero-order valence-electron chi connectivity index (χ0n) is 13.0. The number of ether oxygens (including phenoxy) is 1. The van der Waals surface area contributed by atoms with Gasteiger partial charge in [0.1, 0.15) is 11.3 Å². The average Bonchev–Trinajstić information content (AvgIpc) is 3.23. The molecule has 3 heterocycles. The second-order valence-electron chi connectivity index (χ2n) is 5.79. The Morgan fingerprint density at radius 3 is 3.04 bits per heavy atom. The monoisotopic (exact) mass is 329 g/mol. The lowest BCUT2D eigenvalue weighted by Gasteiger charge is -2.10. The number of aromatic nitrogens is 5. The van der Waals surface area contributed by atoms with Gasteiger partial charge in [-0.05, 0) is 12.8 Å². The van der Waals surface area contributed by atoms with Crippen LogP contribution in [0.1, 0.15) is 40.8 Å². The molecule has 3 aliphatic rings. The fourth-order valence-corrected chi connectivity index (χ4v) is 2.57. The number of aryl methyl sites for hydroxylation is 2. The van der Waals surface area contributed by atoms with E-state index in [0.29, 0.717) is 41.9 Å². The Morgan fingerprint density at radius 1 is 1.46 bits per heavy atom. The van der Waals surface area contributed by atoms with Crippen LogP contribution in [0.3, 0.4) is 0 Å². The first kappa shape index (κ1) is 14.6. The molecule has 4 rings (SSSR count). The van der Waals surface area contributed by atoms with Gasteiger partial charge in [0.2, 0.25) is 5.89 Å². The van der Waals surface area contributed by atoms with Crippen molar-refractivity contribution in [2.45, 2.75) is 31.7 Å². The van der Waals surface area contributed by atoms with Crippen molar-refractivity contribution in [1.29, 1.82) is 0 Å².